The highest BCUT2D eigenvalue weighted by atomic mass is 79.9. The molecule has 0 aliphatic carbocycles. The van der Waals surface area contributed by atoms with Crippen LogP contribution in [0.1, 0.15) is 12.0 Å². The van der Waals surface area contributed by atoms with E-state index in [1.165, 1.54) is 5.56 Å². The van der Waals surface area contributed by atoms with Gasteiger partial charge in [-0.1, -0.05) is 28.1 Å². The molecule has 100 valence electrons. The smallest absolute Gasteiger partial charge is 0.0711 e. The van der Waals surface area contributed by atoms with Gasteiger partial charge in [0.15, 0.2) is 0 Å². The van der Waals surface area contributed by atoms with Crippen LogP contribution in [0.4, 0.5) is 0 Å². The fraction of sp³-hybridized carbons (Fsp3) is 0.571. The van der Waals surface area contributed by atoms with Crippen LogP contribution >= 0.6 is 15.9 Å². The molecule has 1 aliphatic heterocycles. The Morgan fingerprint density at radius 1 is 1.50 bits per heavy atom. The summed E-state index contributed by atoms with van der Waals surface area (Å²) in [6.45, 7) is 3.02. The van der Waals surface area contributed by atoms with Crippen LogP contribution in [-0.4, -0.2) is 44.3 Å². The zero-order chi connectivity index (χ0) is 13.0. The molecule has 2 unspecified atom stereocenters. The third-order valence-electron chi connectivity index (χ3n) is 3.39. The summed E-state index contributed by atoms with van der Waals surface area (Å²) in [5, 5.41) is 3.51. The number of nitrogens with zero attached hydrogens (tertiary/aromatic N) is 1. The monoisotopic (exact) mass is 312 g/mol. The van der Waals surface area contributed by atoms with Crippen LogP contribution in [-0.2, 0) is 11.3 Å². The first-order valence-corrected chi connectivity index (χ1v) is 7.16. The Morgan fingerprint density at radius 3 is 3.00 bits per heavy atom. The van der Waals surface area contributed by atoms with Gasteiger partial charge in [0.05, 0.1) is 6.10 Å². The molecule has 0 amide bonds. The lowest BCUT2D eigenvalue weighted by molar-refractivity contribution is 0.116. The maximum Gasteiger partial charge on any atom is 0.0711 e. The van der Waals surface area contributed by atoms with Crippen molar-refractivity contribution in [2.24, 2.45) is 0 Å². The van der Waals surface area contributed by atoms with Crippen molar-refractivity contribution in [1.29, 1.82) is 0 Å². The standard InChI is InChI=1S/C14H21BrN2O/c1-17(9-11-4-3-5-12(15)6-11)10-13-7-14(18-2)8-16-13/h3-6,13-14,16H,7-10H2,1-2H3. The number of methoxy groups -OCH3 is 1. The number of hydrogen-bond donors (Lipinski definition) is 1. The van der Waals surface area contributed by atoms with Crippen LogP contribution in [0, 0.1) is 0 Å². The van der Waals surface area contributed by atoms with Crippen LogP contribution in [0.2, 0.25) is 0 Å². The van der Waals surface area contributed by atoms with Crippen LogP contribution in [0.15, 0.2) is 28.7 Å². The number of halogens is 1. The Kier molecular flexibility index (Phi) is 5.18. The molecule has 18 heavy (non-hydrogen) atoms. The minimum Gasteiger partial charge on any atom is -0.380 e. The molecule has 3 nitrogen and oxygen atoms in total. The number of rotatable bonds is 5. The van der Waals surface area contributed by atoms with E-state index in [1.54, 1.807) is 7.11 Å². The number of benzene rings is 1. The van der Waals surface area contributed by atoms with E-state index in [0.29, 0.717) is 12.1 Å². The second-order valence-electron chi connectivity index (χ2n) is 5.03. The zero-order valence-electron chi connectivity index (χ0n) is 11.0. The largest absolute Gasteiger partial charge is 0.380 e. The number of hydrogen-bond acceptors (Lipinski definition) is 3. The predicted octanol–water partition coefficient (Wildman–Crippen LogP) is 2.26. The van der Waals surface area contributed by atoms with E-state index in [2.05, 4.69) is 57.5 Å². The van der Waals surface area contributed by atoms with Crippen molar-refractivity contribution in [2.45, 2.75) is 25.1 Å². The van der Waals surface area contributed by atoms with Crippen LogP contribution in [0.5, 0.6) is 0 Å². The highest BCUT2D eigenvalue weighted by Gasteiger charge is 2.24. The summed E-state index contributed by atoms with van der Waals surface area (Å²) in [5.41, 5.74) is 1.34. The fourth-order valence-electron chi connectivity index (χ4n) is 2.49. The fourth-order valence-corrected chi connectivity index (χ4v) is 2.94. The Hall–Kier alpha value is -0.420. The molecule has 0 radical (unpaired) electrons. The molecule has 4 heteroatoms. The molecule has 0 saturated carbocycles. The van der Waals surface area contributed by atoms with Gasteiger partial charge in [-0.3, -0.25) is 0 Å². The van der Waals surface area contributed by atoms with Crippen molar-refractivity contribution in [3.63, 3.8) is 0 Å². The Bertz CT molecular complexity index is 386. The average molecular weight is 313 g/mol. The molecule has 1 saturated heterocycles. The van der Waals surface area contributed by atoms with Crippen molar-refractivity contribution in [3.8, 4) is 0 Å². The van der Waals surface area contributed by atoms with Crippen molar-refractivity contribution in [3.05, 3.63) is 34.3 Å². The highest BCUT2D eigenvalue weighted by molar-refractivity contribution is 9.10. The number of ether oxygens (including phenoxy) is 1. The minimum atomic E-state index is 0.384. The van der Waals surface area contributed by atoms with Gasteiger partial charge in [0, 0.05) is 37.3 Å². The maximum atomic E-state index is 5.37. The predicted molar refractivity (Wildman–Crippen MR) is 77.7 cm³/mol. The van der Waals surface area contributed by atoms with Gasteiger partial charge in [0.1, 0.15) is 0 Å². The first-order valence-electron chi connectivity index (χ1n) is 6.36. The summed E-state index contributed by atoms with van der Waals surface area (Å²) < 4.78 is 6.51. The topological polar surface area (TPSA) is 24.5 Å². The molecule has 1 aliphatic rings. The van der Waals surface area contributed by atoms with Gasteiger partial charge in [-0.25, -0.2) is 0 Å². The van der Waals surface area contributed by atoms with Gasteiger partial charge in [-0.2, -0.15) is 0 Å². The second-order valence-corrected chi connectivity index (χ2v) is 5.94. The third kappa shape index (κ3) is 4.05. The Labute approximate surface area is 118 Å². The van der Waals surface area contributed by atoms with Crippen molar-refractivity contribution < 1.29 is 4.74 Å². The van der Waals surface area contributed by atoms with Crippen molar-refractivity contribution in [1.82, 2.24) is 10.2 Å². The van der Waals surface area contributed by atoms with Crippen LogP contribution in [0.25, 0.3) is 0 Å². The number of likely N-dealkylation sites (N-methyl/N-ethyl adjacent to an activating group) is 1. The molecule has 0 aromatic heterocycles. The molecule has 2 atom stereocenters. The lowest BCUT2D eigenvalue weighted by Gasteiger charge is -2.21. The lowest BCUT2D eigenvalue weighted by atomic mass is 10.1. The van der Waals surface area contributed by atoms with E-state index in [4.69, 9.17) is 4.74 Å². The Morgan fingerprint density at radius 2 is 2.33 bits per heavy atom. The molecule has 0 bridgehead atoms. The zero-order valence-corrected chi connectivity index (χ0v) is 12.6. The third-order valence-corrected chi connectivity index (χ3v) is 3.88. The van der Waals surface area contributed by atoms with Crippen molar-refractivity contribution >= 4 is 15.9 Å². The van der Waals surface area contributed by atoms with Gasteiger partial charge in [0.25, 0.3) is 0 Å². The minimum absolute atomic E-state index is 0.384. The summed E-state index contributed by atoms with van der Waals surface area (Å²) in [6.07, 6.45) is 1.49. The van der Waals surface area contributed by atoms with Gasteiger partial charge in [0.2, 0.25) is 0 Å². The van der Waals surface area contributed by atoms with Gasteiger partial charge in [-0.15, -0.1) is 0 Å². The molecule has 1 N–H and O–H groups in total. The molecule has 0 spiro atoms. The average Bonchev–Trinajstić information content (AvgIpc) is 2.76. The van der Waals surface area contributed by atoms with E-state index in [1.807, 2.05) is 0 Å². The van der Waals surface area contributed by atoms with Gasteiger partial charge in [-0.05, 0) is 31.2 Å². The quantitative estimate of drug-likeness (QED) is 0.902. The first kappa shape index (κ1) is 14.0. The summed E-state index contributed by atoms with van der Waals surface area (Å²) in [6, 6.07) is 9.04. The molecule has 1 heterocycles. The molecule has 1 aromatic carbocycles. The van der Waals surface area contributed by atoms with E-state index in [9.17, 15) is 0 Å². The summed E-state index contributed by atoms with van der Waals surface area (Å²) in [4.78, 5) is 2.36. The van der Waals surface area contributed by atoms with E-state index >= 15 is 0 Å². The van der Waals surface area contributed by atoms with Crippen LogP contribution < -0.4 is 5.32 Å². The Balaban J connectivity index is 1.80. The molecular weight excluding hydrogens is 292 g/mol. The van der Waals surface area contributed by atoms with E-state index < -0.39 is 0 Å². The summed E-state index contributed by atoms with van der Waals surface area (Å²) in [7, 11) is 3.96. The maximum absolute atomic E-state index is 5.37. The second kappa shape index (κ2) is 6.66. The lowest BCUT2D eigenvalue weighted by Crippen LogP contribution is -2.34. The molecule has 2 rings (SSSR count). The number of nitrogens with one attached hydrogen (secondary N) is 1. The normalized spacial score (nSPS) is 23.8. The van der Waals surface area contributed by atoms with Gasteiger partial charge < -0.3 is 15.0 Å². The van der Waals surface area contributed by atoms with Crippen LogP contribution in [0.3, 0.4) is 0 Å². The summed E-state index contributed by atoms with van der Waals surface area (Å²) >= 11 is 3.51. The molecule has 1 aromatic rings. The van der Waals surface area contributed by atoms with E-state index in [-0.39, 0.29) is 0 Å². The van der Waals surface area contributed by atoms with Gasteiger partial charge >= 0.3 is 0 Å². The van der Waals surface area contributed by atoms with Crippen molar-refractivity contribution in [2.75, 3.05) is 27.2 Å². The highest BCUT2D eigenvalue weighted by Crippen LogP contribution is 2.15. The van der Waals surface area contributed by atoms with E-state index in [0.717, 1.165) is 30.5 Å². The SMILES string of the molecule is COC1CNC(CN(C)Cc2cccc(Br)c2)C1. The summed E-state index contributed by atoms with van der Waals surface area (Å²) in [5.74, 6) is 0. The first-order chi connectivity index (χ1) is 8.67. The molecule has 1 fully saturated rings. The molecular formula is C14H21BrN2O.